The molecular formula is C16H23NO2. The maximum Gasteiger partial charge on any atom is 0.134 e. The summed E-state index contributed by atoms with van der Waals surface area (Å²) >= 11 is 0. The van der Waals surface area contributed by atoms with Gasteiger partial charge in [0.1, 0.15) is 11.3 Å². The molecule has 0 aliphatic rings. The van der Waals surface area contributed by atoms with Gasteiger partial charge in [0.15, 0.2) is 0 Å². The predicted octanol–water partition coefficient (Wildman–Crippen LogP) is 3.29. The van der Waals surface area contributed by atoms with Crippen molar-refractivity contribution in [1.82, 2.24) is 5.32 Å². The Morgan fingerprint density at radius 1 is 1.26 bits per heavy atom. The Hall–Kier alpha value is -1.32. The molecule has 0 unspecified atom stereocenters. The van der Waals surface area contributed by atoms with Crippen LogP contribution in [0.5, 0.6) is 0 Å². The predicted molar refractivity (Wildman–Crippen MR) is 78.6 cm³/mol. The summed E-state index contributed by atoms with van der Waals surface area (Å²) in [5, 5.41) is 4.59. The van der Waals surface area contributed by atoms with E-state index in [9.17, 15) is 0 Å². The van der Waals surface area contributed by atoms with E-state index < -0.39 is 0 Å². The molecule has 0 atom stereocenters. The fraction of sp³-hybridized carbons (Fsp3) is 0.500. The molecule has 1 N–H and O–H groups in total. The zero-order valence-corrected chi connectivity index (χ0v) is 12.1. The van der Waals surface area contributed by atoms with E-state index in [1.807, 2.05) is 0 Å². The Morgan fingerprint density at radius 2 is 2.11 bits per heavy atom. The molecule has 1 heterocycles. The lowest BCUT2D eigenvalue weighted by Crippen LogP contribution is -2.12. The normalized spacial score (nSPS) is 11.3. The highest BCUT2D eigenvalue weighted by Crippen LogP contribution is 2.27. The minimum absolute atomic E-state index is 0.759. The van der Waals surface area contributed by atoms with Crippen molar-refractivity contribution in [2.45, 2.75) is 33.2 Å². The second-order valence-electron chi connectivity index (χ2n) is 4.71. The molecule has 0 saturated carbocycles. The number of ether oxygens (including phenoxy) is 1. The molecule has 0 aliphatic heterocycles. The van der Waals surface area contributed by atoms with Gasteiger partial charge in [-0.2, -0.15) is 0 Å². The molecule has 3 nitrogen and oxygen atoms in total. The summed E-state index contributed by atoms with van der Waals surface area (Å²) < 4.78 is 11.1. The van der Waals surface area contributed by atoms with E-state index in [0.29, 0.717) is 0 Å². The maximum atomic E-state index is 5.96. The van der Waals surface area contributed by atoms with Crippen molar-refractivity contribution in [3.63, 3.8) is 0 Å². The van der Waals surface area contributed by atoms with E-state index in [1.165, 1.54) is 16.5 Å². The molecule has 2 rings (SSSR count). The van der Waals surface area contributed by atoms with E-state index in [1.54, 1.807) is 7.11 Å². The molecule has 1 aromatic carbocycles. The molecular weight excluding hydrogens is 238 g/mol. The molecule has 0 saturated heterocycles. The lowest BCUT2D eigenvalue weighted by molar-refractivity contribution is 0.202. The molecule has 0 aliphatic carbocycles. The first kappa shape index (κ1) is 14.1. The Bertz CT molecular complexity index is 531. The fourth-order valence-corrected chi connectivity index (χ4v) is 2.39. The number of rotatable bonds is 7. The topological polar surface area (TPSA) is 34.4 Å². The summed E-state index contributed by atoms with van der Waals surface area (Å²) in [5.41, 5.74) is 3.63. The summed E-state index contributed by atoms with van der Waals surface area (Å²) in [6.07, 6.45) is 1.95. The van der Waals surface area contributed by atoms with Crippen LogP contribution in [-0.4, -0.2) is 20.3 Å². The zero-order chi connectivity index (χ0) is 13.7. The molecule has 0 fully saturated rings. The number of methoxy groups -OCH3 is 1. The second kappa shape index (κ2) is 6.73. The van der Waals surface area contributed by atoms with Gasteiger partial charge in [-0.15, -0.1) is 0 Å². The van der Waals surface area contributed by atoms with Crippen molar-refractivity contribution in [2.75, 3.05) is 20.3 Å². The van der Waals surface area contributed by atoms with Crippen molar-refractivity contribution in [3.05, 3.63) is 35.1 Å². The SMILES string of the molecule is CCNCc1oc2ccc(CCOC)cc2c1CC. The number of hydrogen-bond donors (Lipinski definition) is 1. The van der Waals surface area contributed by atoms with Crippen LogP contribution in [0.25, 0.3) is 11.0 Å². The van der Waals surface area contributed by atoms with Crippen LogP contribution in [0, 0.1) is 0 Å². The van der Waals surface area contributed by atoms with E-state index in [0.717, 1.165) is 43.9 Å². The van der Waals surface area contributed by atoms with Crippen LogP contribution < -0.4 is 5.32 Å². The highest BCUT2D eigenvalue weighted by molar-refractivity contribution is 5.83. The summed E-state index contributed by atoms with van der Waals surface area (Å²) in [4.78, 5) is 0. The minimum atomic E-state index is 0.759. The van der Waals surface area contributed by atoms with E-state index >= 15 is 0 Å². The lowest BCUT2D eigenvalue weighted by Gasteiger charge is -2.02. The van der Waals surface area contributed by atoms with Crippen molar-refractivity contribution >= 4 is 11.0 Å². The van der Waals surface area contributed by atoms with Crippen LogP contribution in [0.15, 0.2) is 22.6 Å². The van der Waals surface area contributed by atoms with Gasteiger partial charge in [-0.1, -0.05) is 19.9 Å². The third kappa shape index (κ3) is 3.17. The number of hydrogen-bond acceptors (Lipinski definition) is 3. The molecule has 3 heteroatoms. The molecule has 0 radical (unpaired) electrons. The van der Waals surface area contributed by atoms with Gasteiger partial charge in [-0.05, 0) is 37.1 Å². The molecule has 19 heavy (non-hydrogen) atoms. The standard InChI is InChI=1S/C16H23NO2/c1-4-13-14-10-12(8-9-18-3)6-7-15(14)19-16(13)11-17-5-2/h6-7,10,17H,4-5,8-9,11H2,1-3H3. The highest BCUT2D eigenvalue weighted by Gasteiger charge is 2.12. The minimum Gasteiger partial charge on any atom is -0.459 e. The largest absolute Gasteiger partial charge is 0.459 e. The van der Waals surface area contributed by atoms with Crippen LogP contribution in [0.4, 0.5) is 0 Å². The van der Waals surface area contributed by atoms with Crippen molar-refractivity contribution in [1.29, 1.82) is 0 Å². The number of aryl methyl sites for hydroxylation is 1. The summed E-state index contributed by atoms with van der Waals surface area (Å²) in [6.45, 7) is 6.81. The Balaban J connectivity index is 2.34. The molecule has 0 spiro atoms. The molecule has 0 amide bonds. The van der Waals surface area contributed by atoms with Gasteiger partial charge in [0.2, 0.25) is 0 Å². The van der Waals surface area contributed by atoms with Crippen LogP contribution in [-0.2, 0) is 24.1 Å². The van der Waals surface area contributed by atoms with Crippen molar-refractivity contribution in [2.24, 2.45) is 0 Å². The van der Waals surface area contributed by atoms with Gasteiger partial charge < -0.3 is 14.5 Å². The third-order valence-corrected chi connectivity index (χ3v) is 3.42. The maximum absolute atomic E-state index is 5.96. The van der Waals surface area contributed by atoms with Crippen molar-refractivity contribution < 1.29 is 9.15 Å². The number of fused-ring (bicyclic) bond motifs is 1. The quantitative estimate of drug-likeness (QED) is 0.830. The molecule has 1 aromatic heterocycles. The monoisotopic (exact) mass is 261 g/mol. The third-order valence-electron chi connectivity index (χ3n) is 3.42. The number of nitrogens with one attached hydrogen (secondary N) is 1. The smallest absolute Gasteiger partial charge is 0.134 e. The number of furan rings is 1. The first-order valence-electron chi connectivity index (χ1n) is 7.03. The van der Waals surface area contributed by atoms with Gasteiger partial charge >= 0.3 is 0 Å². The first-order valence-corrected chi connectivity index (χ1v) is 7.03. The highest BCUT2D eigenvalue weighted by atomic mass is 16.5. The molecule has 0 bridgehead atoms. The zero-order valence-electron chi connectivity index (χ0n) is 12.1. The van der Waals surface area contributed by atoms with Gasteiger partial charge in [-0.3, -0.25) is 0 Å². The average Bonchev–Trinajstić information content (AvgIpc) is 2.79. The Morgan fingerprint density at radius 3 is 2.79 bits per heavy atom. The molecule has 104 valence electrons. The van der Waals surface area contributed by atoms with E-state index in [4.69, 9.17) is 9.15 Å². The first-order chi connectivity index (χ1) is 9.30. The molecule has 2 aromatic rings. The lowest BCUT2D eigenvalue weighted by atomic mass is 10.0. The second-order valence-corrected chi connectivity index (χ2v) is 4.71. The van der Waals surface area contributed by atoms with Gasteiger partial charge in [0, 0.05) is 18.1 Å². The van der Waals surface area contributed by atoms with Crippen LogP contribution >= 0.6 is 0 Å². The van der Waals surface area contributed by atoms with E-state index in [2.05, 4.69) is 37.4 Å². The fourth-order valence-electron chi connectivity index (χ4n) is 2.39. The Labute approximate surface area is 114 Å². The Kier molecular flexibility index (Phi) is 5.00. The summed E-state index contributed by atoms with van der Waals surface area (Å²) in [6, 6.07) is 6.45. The van der Waals surface area contributed by atoms with Gasteiger partial charge in [0.25, 0.3) is 0 Å². The van der Waals surface area contributed by atoms with Crippen LogP contribution in [0.1, 0.15) is 30.7 Å². The van der Waals surface area contributed by atoms with Crippen molar-refractivity contribution in [3.8, 4) is 0 Å². The average molecular weight is 261 g/mol. The van der Waals surface area contributed by atoms with Gasteiger partial charge in [-0.25, -0.2) is 0 Å². The van der Waals surface area contributed by atoms with Gasteiger partial charge in [0.05, 0.1) is 13.2 Å². The number of benzene rings is 1. The van der Waals surface area contributed by atoms with Crippen LogP contribution in [0.2, 0.25) is 0 Å². The van der Waals surface area contributed by atoms with E-state index in [-0.39, 0.29) is 0 Å². The summed E-state index contributed by atoms with van der Waals surface area (Å²) in [5.74, 6) is 1.07. The van der Waals surface area contributed by atoms with Crippen LogP contribution in [0.3, 0.4) is 0 Å². The summed E-state index contributed by atoms with van der Waals surface area (Å²) in [7, 11) is 1.74.